The normalized spacial score (nSPS) is 12.3. The second-order valence-electron chi connectivity index (χ2n) is 8.80. The number of pyridine rings is 1. The molecule has 1 aliphatic rings. The van der Waals surface area contributed by atoms with Gasteiger partial charge < -0.3 is 10.2 Å². The molecule has 7 nitrogen and oxygen atoms in total. The summed E-state index contributed by atoms with van der Waals surface area (Å²) in [6.07, 6.45) is 3.26. The predicted octanol–water partition coefficient (Wildman–Crippen LogP) is 5.41. The molecule has 0 saturated carbocycles. The van der Waals surface area contributed by atoms with Gasteiger partial charge in [-0.25, -0.2) is 4.98 Å². The zero-order chi connectivity index (χ0) is 25.2. The third kappa shape index (κ3) is 4.38. The van der Waals surface area contributed by atoms with E-state index in [2.05, 4.69) is 15.4 Å². The van der Waals surface area contributed by atoms with Crippen molar-refractivity contribution in [3.63, 3.8) is 0 Å². The lowest BCUT2D eigenvalue weighted by atomic mass is 9.99. The molecule has 180 valence electrons. The van der Waals surface area contributed by atoms with Crippen LogP contribution in [0.4, 0.5) is 11.5 Å². The summed E-state index contributed by atoms with van der Waals surface area (Å²) in [6.45, 7) is 1.01. The number of para-hydroxylation sites is 1. The van der Waals surface area contributed by atoms with Gasteiger partial charge in [-0.15, -0.1) is 0 Å². The third-order valence-corrected chi connectivity index (χ3v) is 6.48. The molecule has 1 aliphatic heterocycles. The van der Waals surface area contributed by atoms with Crippen molar-refractivity contribution in [2.75, 3.05) is 10.2 Å². The van der Waals surface area contributed by atoms with Crippen LogP contribution in [0.25, 0.3) is 11.1 Å². The van der Waals surface area contributed by atoms with Crippen LogP contribution in [0.5, 0.6) is 0 Å². The molecular weight excluding hydrogens is 462 g/mol. The van der Waals surface area contributed by atoms with Crippen LogP contribution in [0.3, 0.4) is 0 Å². The second-order valence-corrected chi connectivity index (χ2v) is 8.80. The monoisotopic (exact) mass is 485 g/mol. The molecule has 7 heteroatoms. The third-order valence-electron chi connectivity index (χ3n) is 6.48. The van der Waals surface area contributed by atoms with E-state index in [0.29, 0.717) is 30.0 Å². The molecule has 3 heterocycles. The summed E-state index contributed by atoms with van der Waals surface area (Å²) in [5.74, 6) is -0.0543. The Bertz CT molecular complexity index is 1590. The Morgan fingerprint density at radius 3 is 2.41 bits per heavy atom. The van der Waals surface area contributed by atoms with Crippen molar-refractivity contribution < 1.29 is 9.59 Å². The number of hydrogen-bond acceptors (Lipinski definition) is 4. The number of rotatable bonds is 4. The van der Waals surface area contributed by atoms with Crippen molar-refractivity contribution in [3.05, 3.63) is 132 Å². The quantitative estimate of drug-likeness (QED) is 0.369. The number of aromatic nitrogens is 3. The molecule has 0 bridgehead atoms. The molecular formula is C30H23N5O2. The average molecular weight is 486 g/mol. The summed E-state index contributed by atoms with van der Waals surface area (Å²) in [5, 5.41) is 7.26. The minimum atomic E-state index is -0.263. The van der Waals surface area contributed by atoms with Gasteiger partial charge in [0.1, 0.15) is 5.82 Å². The molecule has 2 amide bonds. The Morgan fingerprint density at radius 2 is 1.57 bits per heavy atom. The number of carbonyl (C=O) groups excluding carboxylic acids is 2. The molecule has 1 N–H and O–H groups in total. The SMILES string of the molecule is O=C(Nc1ccc(C(=O)N2Cc3ccnn3Cc3ccccc32)cn1)c1ccccc1-c1ccccc1. The fraction of sp³-hybridized carbons (Fsp3) is 0.0667. The van der Waals surface area contributed by atoms with Crippen LogP contribution in [0.1, 0.15) is 32.0 Å². The van der Waals surface area contributed by atoms with Gasteiger partial charge in [0.15, 0.2) is 0 Å². The largest absolute Gasteiger partial charge is 0.307 e. The van der Waals surface area contributed by atoms with Gasteiger partial charge in [-0.1, -0.05) is 66.7 Å². The first-order valence-electron chi connectivity index (χ1n) is 12.0. The fourth-order valence-electron chi connectivity index (χ4n) is 4.62. The van der Waals surface area contributed by atoms with E-state index < -0.39 is 0 Å². The van der Waals surface area contributed by atoms with Gasteiger partial charge in [0, 0.05) is 23.6 Å². The van der Waals surface area contributed by atoms with E-state index in [1.54, 1.807) is 29.3 Å². The number of carbonyl (C=O) groups is 2. The lowest BCUT2D eigenvalue weighted by molar-refractivity contribution is 0.0983. The van der Waals surface area contributed by atoms with Crippen LogP contribution in [-0.4, -0.2) is 26.6 Å². The summed E-state index contributed by atoms with van der Waals surface area (Å²) in [4.78, 5) is 32.8. The van der Waals surface area contributed by atoms with E-state index in [0.717, 1.165) is 28.1 Å². The van der Waals surface area contributed by atoms with E-state index in [4.69, 9.17) is 0 Å². The molecule has 0 spiro atoms. The van der Waals surface area contributed by atoms with Crippen LogP contribution in [-0.2, 0) is 13.1 Å². The number of nitrogens with zero attached hydrogens (tertiary/aromatic N) is 4. The maximum absolute atomic E-state index is 13.6. The lowest BCUT2D eigenvalue weighted by Gasteiger charge is -2.22. The first-order chi connectivity index (χ1) is 18.2. The number of anilines is 2. The summed E-state index contributed by atoms with van der Waals surface area (Å²) in [5.41, 5.74) is 5.62. The summed E-state index contributed by atoms with van der Waals surface area (Å²) in [7, 11) is 0. The van der Waals surface area contributed by atoms with Crippen LogP contribution >= 0.6 is 0 Å². The van der Waals surface area contributed by atoms with E-state index in [-0.39, 0.29) is 11.8 Å². The molecule has 5 aromatic rings. The van der Waals surface area contributed by atoms with Gasteiger partial charge in [-0.2, -0.15) is 5.10 Å². The number of fused-ring (bicyclic) bond motifs is 2. The topological polar surface area (TPSA) is 80.1 Å². The van der Waals surface area contributed by atoms with Gasteiger partial charge in [0.2, 0.25) is 0 Å². The molecule has 0 unspecified atom stereocenters. The van der Waals surface area contributed by atoms with Gasteiger partial charge >= 0.3 is 0 Å². The van der Waals surface area contributed by atoms with Crippen molar-refractivity contribution >= 4 is 23.3 Å². The minimum absolute atomic E-state index is 0.165. The Labute approximate surface area is 214 Å². The van der Waals surface area contributed by atoms with Gasteiger partial charge in [-0.3, -0.25) is 14.3 Å². The van der Waals surface area contributed by atoms with Gasteiger partial charge in [-0.05, 0) is 47.0 Å². The minimum Gasteiger partial charge on any atom is -0.307 e. The molecule has 0 atom stereocenters. The van der Waals surface area contributed by atoms with E-state index >= 15 is 0 Å². The lowest BCUT2D eigenvalue weighted by Crippen LogP contribution is -2.30. The first-order valence-corrected chi connectivity index (χ1v) is 12.0. The standard InChI is InChI=1S/C30H23N5O2/c36-29(26-12-6-5-11-25(26)21-8-2-1-3-9-21)33-28-15-14-22(18-31-28)30(37)34-20-24-16-17-32-35(24)19-23-10-4-7-13-27(23)34/h1-18H,19-20H2,(H,31,33,36). The highest BCUT2D eigenvalue weighted by molar-refractivity contribution is 6.09. The number of amides is 2. The number of hydrogen-bond donors (Lipinski definition) is 1. The highest BCUT2D eigenvalue weighted by Gasteiger charge is 2.25. The van der Waals surface area contributed by atoms with E-state index in [9.17, 15) is 9.59 Å². The van der Waals surface area contributed by atoms with E-state index in [1.165, 1.54) is 6.20 Å². The molecule has 0 aliphatic carbocycles. The number of nitrogens with one attached hydrogen (secondary N) is 1. The summed E-state index contributed by atoms with van der Waals surface area (Å²) in [6, 6.07) is 30.4. The van der Waals surface area contributed by atoms with Crippen molar-refractivity contribution in [1.82, 2.24) is 14.8 Å². The molecule has 37 heavy (non-hydrogen) atoms. The molecule has 3 aromatic carbocycles. The molecule has 0 saturated heterocycles. The van der Waals surface area contributed by atoms with Crippen molar-refractivity contribution in [1.29, 1.82) is 0 Å². The second kappa shape index (κ2) is 9.54. The highest BCUT2D eigenvalue weighted by atomic mass is 16.2. The van der Waals surface area contributed by atoms with Crippen molar-refractivity contribution in [3.8, 4) is 11.1 Å². The Balaban J connectivity index is 1.24. The van der Waals surface area contributed by atoms with Crippen molar-refractivity contribution in [2.45, 2.75) is 13.1 Å². The van der Waals surface area contributed by atoms with Crippen LogP contribution in [0, 0.1) is 0 Å². The maximum Gasteiger partial charge on any atom is 0.260 e. The molecule has 2 aromatic heterocycles. The zero-order valence-electron chi connectivity index (χ0n) is 19.9. The Hall–Kier alpha value is -5.04. The zero-order valence-corrected chi connectivity index (χ0v) is 19.9. The van der Waals surface area contributed by atoms with E-state index in [1.807, 2.05) is 83.5 Å². The Kier molecular flexibility index (Phi) is 5.78. The molecule has 0 fully saturated rings. The van der Waals surface area contributed by atoms with Crippen LogP contribution < -0.4 is 10.2 Å². The summed E-state index contributed by atoms with van der Waals surface area (Å²) < 4.78 is 1.91. The number of benzene rings is 3. The molecule has 0 radical (unpaired) electrons. The first kappa shape index (κ1) is 22.4. The summed E-state index contributed by atoms with van der Waals surface area (Å²) >= 11 is 0. The van der Waals surface area contributed by atoms with Crippen molar-refractivity contribution in [2.24, 2.45) is 0 Å². The van der Waals surface area contributed by atoms with Crippen LogP contribution in [0.2, 0.25) is 0 Å². The smallest absolute Gasteiger partial charge is 0.260 e. The molecule has 6 rings (SSSR count). The highest BCUT2D eigenvalue weighted by Crippen LogP contribution is 2.29. The van der Waals surface area contributed by atoms with Gasteiger partial charge in [0.25, 0.3) is 11.8 Å². The van der Waals surface area contributed by atoms with Gasteiger partial charge in [0.05, 0.1) is 24.3 Å². The average Bonchev–Trinajstić information content (AvgIpc) is 3.32. The van der Waals surface area contributed by atoms with Crippen LogP contribution in [0.15, 0.2) is 109 Å². The Morgan fingerprint density at radius 1 is 0.784 bits per heavy atom. The maximum atomic E-state index is 13.6. The predicted molar refractivity (Wildman–Crippen MR) is 142 cm³/mol. The fourth-order valence-corrected chi connectivity index (χ4v) is 4.62.